The highest BCUT2D eigenvalue weighted by molar-refractivity contribution is 7.11. The Bertz CT molecular complexity index is 905. The molecule has 0 saturated heterocycles. The van der Waals surface area contributed by atoms with Gasteiger partial charge in [0.25, 0.3) is 0 Å². The molecule has 0 bridgehead atoms. The lowest BCUT2D eigenvalue weighted by Gasteiger charge is -2.09. The van der Waals surface area contributed by atoms with Crippen molar-refractivity contribution in [3.05, 3.63) is 57.1 Å². The third-order valence-electron chi connectivity index (χ3n) is 3.72. The first-order valence-corrected chi connectivity index (χ1v) is 9.99. The Labute approximate surface area is 167 Å². The van der Waals surface area contributed by atoms with E-state index in [0.29, 0.717) is 36.2 Å². The quantitative estimate of drug-likeness (QED) is 0.459. The summed E-state index contributed by atoms with van der Waals surface area (Å²) in [6.07, 6.45) is 0.607. The maximum absolute atomic E-state index is 6.01. The SMILES string of the molecule is CCNC(=NCc1ccc(C)s1)NCCc1nc(-c2cccc(Cl)c2)no1. The van der Waals surface area contributed by atoms with E-state index in [1.54, 1.807) is 11.3 Å². The number of aryl methyl sites for hydroxylation is 1. The van der Waals surface area contributed by atoms with E-state index in [-0.39, 0.29) is 0 Å². The Hall–Kier alpha value is -2.38. The summed E-state index contributed by atoms with van der Waals surface area (Å²) in [6.45, 7) is 6.25. The van der Waals surface area contributed by atoms with Crippen LogP contribution < -0.4 is 10.6 Å². The van der Waals surface area contributed by atoms with E-state index in [2.05, 4.69) is 44.8 Å². The molecule has 2 aromatic heterocycles. The molecule has 0 radical (unpaired) electrons. The first-order valence-electron chi connectivity index (χ1n) is 8.80. The number of hydrogen-bond acceptors (Lipinski definition) is 5. The zero-order chi connectivity index (χ0) is 19.1. The molecule has 0 spiro atoms. The van der Waals surface area contributed by atoms with Crippen LogP contribution in [0.3, 0.4) is 0 Å². The highest BCUT2D eigenvalue weighted by atomic mass is 35.5. The second kappa shape index (κ2) is 9.53. The Morgan fingerprint density at radius 1 is 1.26 bits per heavy atom. The number of nitrogens with zero attached hydrogens (tertiary/aromatic N) is 3. The van der Waals surface area contributed by atoms with Crippen molar-refractivity contribution < 1.29 is 4.52 Å². The van der Waals surface area contributed by atoms with E-state index in [1.807, 2.05) is 31.2 Å². The van der Waals surface area contributed by atoms with Gasteiger partial charge in [0.05, 0.1) is 6.54 Å². The third-order valence-corrected chi connectivity index (χ3v) is 4.94. The molecule has 0 fully saturated rings. The molecule has 27 heavy (non-hydrogen) atoms. The number of aromatic nitrogens is 2. The highest BCUT2D eigenvalue weighted by Gasteiger charge is 2.09. The van der Waals surface area contributed by atoms with Crippen LogP contribution in [0.2, 0.25) is 5.02 Å². The largest absolute Gasteiger partial charge is 0.357 e. The summed E-state index contributed by atoms with van der Waals surface area (Å²) < 4.78 is 5.33. The lowest BCUT2D eigenvalue weighted by Crippen LogP contribution is -2.38. The number of benzene rings is 1. The summed E-state index contributed by atoms with van der Waals surface area (Å²) in [4.78, 5) is 11.6. The minimum absolute atomic E-state index is 0.543. The Balaban J connectivity index is 1.54. The molecular weight excluding hydrogens is 382 g/mol. The van der Waals surface area contributed by atoms with Gasteiger partial charge in [-0.1, -0.05) is 28.9 Å². The molecule has 1 aromatic carbocycles. The van der Waals surface area contributed by atoms with Crippen LogP contribution in [0.15, 0.2) is 45.9 Å². The maximum Gasteiger partial charge on any atom is 0.228 e. The Morgan fingerprint density at radius 2 is 2.15 bits per heavy atom. The van der Waals surface area contributed by atoms with Crippen molar-refractivity contribution in [2.24, 2.45) is 4.99 Å². The number of aliphatic imine (C=N–C) groups is 1. The topological polar surface area (TPSA) is 75.3 Å². The number of halogens is 1. The average molecular weight is 404 g/mol. The molecule has 0 unspecified atom stereocenters. The van der Waals surface area contributed by atoms with Crippen LogP contribution in [0.5, 0.6) is 0 Å². The Kier molecular flexibility index (Phi) is 6.84. The summed E-state index contributed by atoms with van der Waals surface area (Å²) >= 11 is 7.77. The van der Waals surface area contributed by atoms with Gasteiger partial charge in [-0.05, 0) is 38.1 Å². The summed E-state index contributed by atoms with van der Waals surface area (Å²) in [6, 6.07) is 11.6. The minimum atomic E-state index is 0.543. The Morgan fingerprint density at radius 3 is 2.89 bits per heavy atom. The van der Waals surface area contributed by atoms with Crippen LogP contribution in [0, 0.1) is 6.92 Å². The van der Waals surface area contributed by atoms with Crippen molar-refractivity contribution in [2.45, 2.75) is 26.8 Å². The highest BCUT2D eigenvalue weighted by Crippen LogP contribution is 2.20. The second-order valence-corrected chi connectivity index (χ2v) is 7.72. The molecule has 3 aromatic rings. The third kappa shape index (κ3) is 5.80. The molecule has 8 heteroatoms. The molecule has 2 heterocycles. The van der Waals surface area contributed by atoms with Crippen molar-refractivity contribution in [1.29, 1.82) is 0 Å². The van der Waals surface area contributed by atoms with Gasteiger partial charge >= 0.3 is 0 Å². The van der Waals surface area contributed by atoms with Gasteiger partial charge in [0.1, 0.15) is 0 Å². The lowest BCUT2D eigenvalue weighted by molar-refractivity contribution is 0.378. The fourth-order valence-corrected chi connectivity index (χ4v) is 3.46. The van der Waals surface area contributed by atoms with E-state index >= 15 is 0 Å². The van der Waals surface area contributed by atoms with E-state index in [4.69, 9.17) is 16.1 Å². The average Bonchev–Trinajstić information content (AvgIpc) is 3.29. The van der Waals surface area contributed by atoms with Crippen molar-refractivity contribution in [1.82, 2.24) is 20.8 Å². The van der Waals surface area contributed by atoms with Gasteiger partial charge in [-0.3, -0.25) is 0 Å². The van der Waals surface area contributed by atoms with Crippen molar-refractivity contribution in [2.75, 3.05) is 13.1 Å². The molecule has 2 N–H and O–H groups in total. The monoisotopic (exact) mass is 403 g/mol. The molecule has 0 aliphatic rings. The normalized spacial score (nSPS) is 11.6. The van der Waals surface area contributed by atoms with Crippen LogP contribution in [0.1, 0.15) is 22.6 Å². The number of hydrogen-bond donors (Lipinski definition) is 2. The summed E-state index contributed by atoms with van der Waals surface area (Å²) in [5, 5.41) is 11.2. The van der Waals surface area contributed by atoms with Gasteiger partial charge in [-0.2, -0.15) is 4.98 Å². The number of nitrogens with one attached hydrogen (secondary N) is 2. The minimum Gasteiger partial charge on any atom is -0.357 e. The predicted molar refractivity (Wildman–Crippen MR) is 110 cm³/mol. The smallest absolute Gasteiger partial charge is 0.228 e. The molecule has 0 amide bonds. The molecular formula is C19H22ClN5OS. The van der Waals surface area contributed by atoms with Gasteiger partial charge in [0.2, 0.25) is 11.7 Å². The van der Waals surface area contributed by atoms with E-state index < -0.39 is 0 Å². The summed E-state index contributed by atoms with van der Waals surface area (Å²) in [5.41, 5.74) is 0.839. The molecule has 142 valence electrons. The summed E-state index contributed by atoms with van der Waals surface area (Å²) in [7, 11) is 0. The van der Waals surface area contributed by atoms with Gasteiger partial charge in [0.15, 0.2) is 5.96 Å². The van der Waals surface area contributed by atoms with E-state index in [9.17, 15) is 0 Å². The summed E-state index contributed by atoms with van der Waals surface area (Å²) in [5.74, 6) is 1.89. The number of rotatable bonds is 7. The van der Waals surface area contributed by atoms with Gasteiger partial charge < -0.3 is 15.2 Å². The van der Waals surface area contributed by atoms with Crippen molar-refractivity contribution in [3.63, 3.8) is 0 Å². The van der Waals surface area contributed by atoms with Crippen LogP contribution in [-0.4, -0.2) is 29.2 Å². The van der Waals surface area contributed by atoms with Crippen LogP contribution in [0.4, 0.5) is 0 Å². The molecule has 3 rings (SSSR count). The molecule has 0 aliphatic heterocycles. The van der Waals surface area contributed by atoms with Crippen molar-refractivity contribution in [3.8, 4) is 11.4 Å². The molecule has 0 saturated carbocycles. The molecule has 6 nitrogen and oxygen atoms in total. The second-order valence-electron chi connectivity index (χ2n) is 5.91. The first kappa shape index (κ1) is 19.4. The van der Waals surface area contributed by atoms with E-state index in [0.717, 1.165) is 18.1 Å². The number of thiophene rings is 1. The fourth-order valence-electron chi connectivity index (χ4n) is 2.46. The van der Waals surface area contributed by atoms with Gasteiger partial charge in [-0.15, -0.1) is 11.3 Å². The standard InChI is InChI=1S/C19H22ClN5OS/c1-3-21-19(23-12-16-8-7-13(2)27-16)22-10-9-17-24-18(25-26-17)14-5-4-6-15(20)11-14/h4-8,11H,3,9-10,12H2,1-2H3,(H2,21,22,23). The maximum atomic E-state index is 6.01. The predicted octanol–water partition coefficient (Wildman–Crippen LogP) is 4.06. The van der Waals surface area contributed by atoms with Gasteiger partial charge in [-0.25, -0.2) is 4.99 Å². The van der Waals surface area contributed by atoms with Crippen LogP contribution in [0.25, 0.3) is 11.4 Å². The zero-order valence-corrected chi connectivity index (χ0v) is 16.9. The first-order chi connectivity index (χ1) is 13.1. The fraction of sp³-hybridized carbons (Fsp3) is 0.316. The molecule has 0 aliphatic carbocycles. The van der Waals surface area contributed by atoms with Crippen LogP contribution >= 0.6 is 22.9 Å². The van der Waals surface area contributed by atoms with E-state index in [1.165, 1.54) is 9.75 Å². The lowest BCUT2D eigenvalue weighted by atomic mass is 10.2. The molecule has 0 atom stereocenters. The zero-order valence-electron chi connectivity index (χ0n) is 15.3. The van der Waals surface area contributed by atoms with Crippen LogP contribution in [-0.2, 0) is 13.0 Å². The number of guanidine groups is 1. The van der Waals surface area contributed by atoms with Gasteiger partial charge in [0, 0.05) is 39.9 Å². The van der Waals surface area contributed by atoms with Crippen molar-refractivity contribution >= 4 is 28.9 Å².